The Morgan fingerprint density at radius 3 is 2.65 bits per heavy atom. The third-order valence-electron chi connectivity index (χ3n) is 2.87. The lowest BCUT2D eigenvalue weighted by atomic mass is 10.1. The van der Waals surface area contributed by atoms with Crippen LogP contribution in [0.5, 0.6) is 0 Å². The van der Waals surface area contributed by atoms with E-state index >= 15 is 0 Å². The molecule has 0 radical (unpaired) electrons. The van der Waals surface area contributed by atoms with Crippen molar-refractivity contribution in [2.75, 3.05) is 0 Å². The summed E-state index contributed by atoms with van der Waals surface area (Å²) in [6.45, 7) is 6.80. The molecule has 0 bridgehead atoms. The zero-order valence-corrected chi connectivity index (χ0v) is 11.8. The van der Waals surface area contributed by atoms with E-state index in [1.165, 1.54) is 0 Å². The second-order valence-corrected chi connectivity index (χ2v) is 5.75. The van der Waals surface area contributed by atoms with Crippen LogP contribution in [0.25, 0.3) is 22.6 Å². The molecule has 5 nitrogen and oxygen atoms in total. The van der Waals surface area contributed by atoms with E-state index in [1.807, 2.05) is 30.3 Å². The van der Waals surface area contributed by atoms with Gasteiger partial charge in [0.05, 0.1) is 6.54 Å². The summed E-state index contributed by atoms with van der Waals surface area (Å²) in [5.41, 5.74) is 0.823. The average molecular weight is 271 g/mol. The van der Waals surface area contributed by atoms with Crippen molar-refractivity contribution in [3.05, 3.63) is 36.2 Å². The van der Waals surface area contributed by atoms with Crippen molar-refractivity contribution in [1.82, 2.24) is 15.5 Å². The highest BCUT2D eigenvalue weighted by atomic mass is 16.4. The SMILES string of the molecule is CC(C)(C)NCc1nnc(-c2cc3ccccc3o2)o1. The van der Waals surface area contributed by atoms with Crippen LogP contribution in [0.15, 0.2) is 39.2 Å². The molecule has 0 amide bonds. The molecule has 104 valence electrons. The number of para-hydroxylation sites is 1. The van der Waals surface area contributed by atoms with Gasteiger partial charge in [0.25, 0.3) is 5.89 Å². The number of furan rings is 1. The van der Waals surface area contributed by atoms with Crippen molar-refractivity contribution in [3.63, 3.8) is 0 Å². The van der Waals surface area contributed by atoms with Gasteiger partial charge in [-0.3, -0.25) is 0 Å². The van der Waals surface area contributed by atoms with Gasteiger partial charge in [0.1, 0.15) is 5.58 Å². The summed E-state index contributed by atoms with van der Waals surface area (Å²) in [6.07, 6.45) is 0. The summed E-state index contributed by atoms with van der Waals surface area (Å²) in [7, 11) is 0. The number of nitrogens with zero attached hydrogens (tertiary/aromatic N) is 2. The van der Waals surface area contributed by atoms with Crippen molar-refractivity contribution in [1.29, 1.82) is 0 Å². The molecule has 0 saturated heterocycles. The number of hydrogen-bond acceptors (Lipinski definition) is 5. The molecule has 0 aliphatic rings. The van der Waals surface area contributed by atoms with Gasteiger partial charge >= 0.3 is 0 Å². The molecule has 5 heteroatoms. The zero-order chi connectivity index (χ0) is 14.2. The first kappa shape index (κ1) is 12.9. The molecule has 3 aromatic rings. The van der Waals surface area contributed by atoms with E-state index in [4.69, 9.17) is 8.83 Å². The third-order valence-corrected chi connectivity index (χ3v) is 2.87. The third kappa shape index (κ3) is 2.72. The molecule has 2 heterocycles. The van der Waals surface area contributed by atoms with Gasteiger partial charge < -0.3 is 14.2 Å². The number of benzene rings is 1. The molecule has 3 rings (SSSR count). The van der Waals surface area contributed by atoms with Crippen molar-refractivity contribution in [2.24, 2.45) is 0 Å². The molecule has 1 aromatic carbocycles. The second kappa shape index (κ2) is 4.76. The highest BCUT2D eigenvalue weighted by Crippen LogP contribution is 2.26. The van der Waals surface area contributed by atoms with E-state index in [0.717, 1.165) is 11.0 Å². The fourth-order valence-electron chi connectivity index (χ4n) is 1.85. The van der Waals surface area contributed by atoms with Crippen LogP contribution in [-0.2, 0) is 6.54 Å². The Hall–Kier alpha value is -2.14. The summed E-state index contributed by atoms with van der Waals surface area (Å²) in [5, 5.41) is 12.4. The van der Waals surface area contributed by atoms with Gasteiger partial charge in [0.2, 0.25) is 5.89 Å². The van der Waals surface area contributed by atoms with Crippen LogP contribution in [0.1, 0.15) is 26.7 Å². The monoisotopic (exact) mass is 271 g/mol. The quantitative estimate of drug-likeness (QED) is 0.791. The molecule has 1 N–H and O–H groups in total. The van der Waals surface area contributed by atoms with Crippen LogP contribution in [-0.4, -0.2) is 15.7 Å². The summed E-state index contributed by atoms with van der Waals surface area (Å²) in [5.74, 6) is 1.56. The maximum atomic E-state index is 5.70. The summed E-state index contributed by atoms with van der Waals surface area (Å²) >= 11 is 0. The zero-order valence-electron chi connectivity index (χ0n) is 11.8. The van der Waals surface area contributed by atoms with E-state index in [1.54, 1.807) is 0 Å². The largest absolute Gasteiger partial charge is 0.451 e. The number of rotatable bonds is 3. The Morgan fingerprint density at radius 2 is 1.90 bits per heavy atom. The highest BCUT2D eigenvalue weighted by Gasteiger charge is 2.15. The molecule has 2 aromatic heterocycles. The van der Waals surface area contributed by atoms with Crippen LogP contribution >= 0.6 is 0 Å². The van der Waals surface area contributed by atoms with Crippen LogP contribution in [0.4, 0.5) is 0 Å². The number of nitrogens with one attached hydrogen (secondary N) is 1. The molecule has 0 spiro atoms. The first-order valence-corrected chi connectivity index (χ1v) is 6.58. The Morgan fingerprint density at radius 1 is 1.10 bits per heavy atom. The van der Waals surface area contributed by atoms with Gasteiger partial charge in [0, 0.05) is 10.9 Å². The highest BCUT2D eigenvalue weighted by molar-refractivity contribution is 5.81. The Labute approximate surface area is 117 Å². The molecular weight excluding hydrogens is 254 g/mol. The second-order valence-electron chi connectivity index (χ2n) is 5.75. The van der Waals surface area contributed by atoms with Crippen molar-refractivity contribution in [2.45, 2.75) is 32.9 Å². The summed E-state index contributed by atoms with van der Waals surface area (Å²) in [6, 6.07) is 9.71. The van der Waals surface area contributed by atoms with E-state index in [-0.39, 0.29) is 5.54 Å². The predicted octanol–water partition coefficient (Wildman–Crippen LogP) is 3.37. The van der Waals surface area contributed by atoms with Crippen LogP contribution < -0.4 is 5.32 Å². The van der Waals surface area contributed by atoms with E-state index in [0.29, 0.717) is 24.1 Å². The summed E-state index contributed by atoms with van der Waals surface area (Å²) in [4.78, 5) is 0. The summed E-state index contributed by atoms with van der Waals surface area (Å²) < 4.78 is 11.3. The van der Waals surface area contributed by atoms with E-state index in [2.05, 4.69) is 36.3 Å². The van der Waals surface area contributed by atoms with E-state index in [9.17, 15) is 0 Å². The van der Waals surface area contributed by atoms with Crippen LogP contribution in [0.2, 0.25) is 0 Å². The fourth-order valence-corrected chi connectivity index (χ4v) is 1.85. The Bertz CT molecular complexity index is 689. The Balaban J connectivity index is 1.82. The smallest absolute Gasteiger partial charge is 0.283 e. The van der Waals surface area contributed by atoms with E-state index < -0.39 is 0 Å². The van der Waals surface area contributed by atoms with Gasteiger partial charge in [-0.15, -0.1) is 10.2 Å². The number of hydrogen-bond donors (Lipinski definition) is 1. The molecule has 0 fully saturated rings. The first-order valence-electron chi connectivity index (χ1n) is 6.58. The Kier molecular flexibility index (Phi) is 3.06. The standard InChI is InChI=1S/C15H17N3O2/c1-15(2,3)16-9-13-17-18-14(20-13)12-8-10-6-4-5-7-11(10)19-12/h4-8,16H,9H2,1-3H3. The van der Waals surface area contributed by atoms with Crippen molar-refractivity contribution >= 4 is 11.0 Å². The molecule has 0 aliphatic heterocycles. The van der Waals surface area contributed by atoms with Crippen LogP contribution in [0, 0.1) is 0 Å². The topological polar surface area (TPSA) is 64.1 Å². The van der Waals surface area contributed by atoms with Gasteiger partial charge in [-0.05, 0) is 32.9 Å². The number of fused-ring (bicyclic) bond motifs is 1. The molecule has 0 aliphatic carbocycles. The lowest BCUT2D eigenvalue weighted by molar-refractivity contribution is 0.382. The minimum Gasteiger partial charge on any atom is -0.451 e. The maximum absolute atomic E-state index is 5.70. The van der Waals surface area contributed by atoms with Gasteiger partial charge in [-0.2, -0.15) is 0 Å². The minimum atomic E-state index is 0.00793. The minimum absolute atomic E-state index is 0.00793. The molecule has 0 unspecified atom stereocenters. The fraction of sp³-hybridized carbons (Fsp3) is 0.333. The average Bonchev–Trinajstić information content (AvgIpc) is 3.01. The molecular formula is C15H17N3O2. The maximum Gasteiger partial charge on any atom is 0.283 e. The lowest BCUT2D eigenvalue weighted by Gasteiger charge is -2.18. The van der Waals surface area contributed by atoms with Crippen molar-refractivity contribution in [3.8, 4) is 11.7 Å². The normalized spacial score (nSPS) is 12.2. The molecule has 20 heavy (non-hydrogen) atoms. The van der Waals surface area contributed by atoms with Crippen molar-refractivity contribution < 1.29 is 8.83 Å². The number of aromatic nitrogens is 2. The van der Waals surface area contributed by atoms with Gasteiger partial charge in [-0.1, -0.05) is 18.2 Å². The molecule has 0 atom stereocenters. The first-order chi connectivity index (χ1) is 9.51. The predicted molar refractivity (Wildman–Crippen MR) is 76.1 cm³/mol. The lowest BCUT2D eigenvalue weighted by Crippen LogP contribution is -2.35. The molecule has 0 saturated carbocycles. The van der Waals surface area contributed by atoms with Crippen LogP contribution in [0.3, 0.4) is 0 Å². The van der Waals surface area contributed by atoms with Gasteiger partial charge in [-0.25, -0.2) is 0 Å². The van der Waals surface area contributed by atoms with Gasteiger partial charge in [0.15, 0.2) is 5.76 Å².